The van der Waals surface area contributed by atoms with Crippen molar-refractivity contribution in [1.82, 2.24) is 9.88 Å². The minimum atomic E-state index is -4.58. The number of rotatable bonds is 13. The largest absolute Gasteiger partial charge is 0.497 e. The maximum absolute atomic E-state index is 15.8. The van der Waals surface area contributed by atoms with E-state index >= 15 is 4.39 Å². The first-order chi connectivity index (χ1) is 20.8. The van der Waals surface area contributed by atoms with Gasteiger partial charge in [-0.1, -0.05) is 34.5 Å². The number of thiazole rings is 1. The highest BCUT2D eigenvalue weighted by atomic mass is 35.5. The highest BCUT2D eigenvalue weighted by Gasteiger charge is 2.32. The number of likely N-dealkylation sites (N-methyl/N-ethyl adjacent to an activating group) is 2. The lowest BCUT2D eigenvalue weighted by Gasteiger charge is -2.25. The number of ether oxygens (including phenoxy) is 2. The standard InChI is InChI=1S/C29H31Cl2F2N5O4S2/c1-36(2)10-11-37(3)25-12-19(32)7-9-23(25)35-24-15-22(33)27(14-21(24)30)44(39,40)38(29-34-16-28(31)43-29)17-18-6-8-20(41-4)13-26(18)42-5/h6-9,12-16,35H,10-11,17H2,1-5H3. The topological polar surface area (TPSA) is 87.2 Å². The molecule has 0 unspecified atom stereocenters. The summed E-state index contributed by atoms with van der Waals surface area (Å²) in [7, 11) is 4.01. The van der Waals surface area contributed by atoms with Crippen molar-refractivity contribution in [2.45, 2.75) is 11.4 Å². The molecule has 44 heavy (non-hydrogen) atoms. The van der Waals surface area contributed by atoms with Crippen molar-refractivity contribution in [3.05, 3.63) is 81.3 Å². The molecule has 4 aromatic rings. The molecule has 0 saturated carbocycles. The number of hydrogen-bond acceptors (Lipinski definition) is 9. The van der Waals surface area contributed by atoms with Crippen LogP contribution < -0.4 is 24.0 Å². The first kappa shape index (κ1) is 33.5. The smallest absolute Gasteiger partial charge is 0.269 e. The van der Waals surface area contributed by atoms with Crippen LogP contribution in [-0.2, 0) is 16.6 Å². The molecule has 0 bridgehead atoms. The average Bonchev–Trinajstić information content (AvgIpc) is 3.42. The number of sulfonamides is 1. The molecule has 15 heteroatoms. The summed E-state index contributed by atoms with van der Waals surface area (Å²) in [6, 6.07) is 11.0. The van der Waals surface area contributed by atoms with Crippen LogP contribution in [0.25, 0.3) is 0 Å². The van der Waals surface area contributed by atoms with E-state index in [2.05, 4.69) is 10.3 Å². The van der Waals surface area contributed by atoms with Gasteiger partial charge in [-0.15, -0.1) is 0 Å². The summed E-state index contributed by atoms with van der Waals surface area (Å²) < 4.78 is 69.9. The predicted octanol–water partition coefficient (Wildman–Crippen LogP) is 6.88. The number of anilines is 4. The van der Waals surface area contributed by atoms with Gasteiger partial charge in [0.1, 0.15) is 32.4 Å². The molecule has 9 nitrogen and oxygen atoms in total. The summed E-state index contributed by atoms with van der Waals surface area (Å²) in [5.74, 6) is -0.643. The van der Waals surface area contributed by atoms with Gasteiger partial charge in [-0.05, 0) is 50.5 Å². The van der Waals surface area contributed by atoms with E-state index in [4.69, 9.17) is 32.7 Å². The van der Waals surface area contributed by atoms with Crippen molar-refractivity contribution >= 4 is 66.8 Å². The minimum absolute atomic E-state index is 0.0160. The zero-order chi connectivity index (χ0) is 32.2. The Balaban J connectivity index is 1.72. The van der Waals surface area contributed by atoms with Crippen LogP contribution in [0.15, 0.2) is 59.6 Å². The minimum Gasteiger partial charge on any atom is -0.497 e. The Kier molecular flexibility index (Phi) is 10.8. The highest BCUT2D eigenvalue weighted by molar-refractivity contribution is 7.93. The van der Waals surface area contributed by atoms with Gasteiger partial charge in [0.15, 0.2) is 0 Å². The number of benzene rings is 3. The Bertz CT molecular complexity index is 1740. The van der Waals surface area contributed by atoms with Gasteiger partial charge < -0.3 is 24.6 Å². The Morgan fingerprint density at radius 2 is 1.70 bits per heavy atom. The number of nitrogens with zero attached hydrogens (tertiary/aromatic N) is 4. The monoisotopic (exact) mass is 685 g/mol. The number of aromatic nitrogens is 1. The van der Waals surface area contributed by atoms with Crippen molar-refractivity contribution in [3.8, 4) is 11.5 Å². The van der Waals surface area contributed by atoms with Gasteiger partial charge in [-0.3, -0.25) is 0 Å². The summed E-state index contributed by atoms with van der Waals surface area (Å²) >= 11 is 13.6. The van der Waals surface area contributed by atoms with Gasteiger partial charge >= 0.3 is 0 Å². The van der Waals surface area contributed by atoms with Gasteiger partial charge in [-0.2, -0.15) is 0 Å². The summed E-state index contributed by atoms with van der Waals surface area (Å²) in [5.41, 5.74) is 1.53. The van der Waals surface area contributed by atoms with Crippen LogP contribution in [0, 0.1) is 11.6 Å². The van der Waals surface area contributed by atoms with Crippen LogP contribution >= 0.6 is 34.5 Å². The van der Waals surface area contributed by atoms with E-state index < -0.39 is 26.6 Å². The summed E-state index contributed by atoms with van der Waals surface area (Å²) in [4.78, 5) is 7.30. The lowest BCUT2D eigenvalue weighted by molar-refractivity contribution is 0.391. The van der Waals surface area contributed by atoms with Gasteiger partial charge in [-0.25, -0.2) is 26.5 Å². The van der Waals surface area contributed by atoms with Crippen molar-refractivity contribution < 1.29 is 26.7 Å². The fourth-order valence-corrected chi connectivity index (χ4v) is 7.10. The average molecular weight is 687 g/mol. The van der Waals surface area contributed by atoms with Crippen LogP contribution in [0.1, 0.15) is 5.56 Å². The molecule has 0 aliphatic heterocycles. The lowest BCUT2D eigenvalue weighted by Crippen LogP contribution is -2.31. The third-order valence-electron chi connectivity index (χ3n) is 6.60. The van der Waals surface area contributed by atoms with Crippen LogP contribution in [-0.4, -0.2) is 66.8 Å². The number of nitrogens with one attached hydrogen (secondary N) is 1. The predicted molar refractivity (Wildman–Crippen MR) is 173 cm³/mol. The van der Waals surface area contributed by atoms with Crippen LogP contribution in [0.3, 0.4) is 0 Å². The Labute approximate surface area is 269 Å². The van der Waals surface area contributed by atoms with Crippen LogP contribution in [0.2, 0.25) is 9.36 Å². The molecule has 0 fully saturated rings. The highest BCUT2D eigenvalue weighted by Crippen LogP contribution is 2.38. The SMILES string of the molecule is COc1ccc(CN(c2ncc(Cl)s2)S(=O)(=O)c2cc(Cl)c(Nc3ccc(F)cc3N(C)CCN(C)C)cc2F)c(OC)c1. The molecule has 236 valence electrons. The summed E-state index contributed by atoms with van der Waals surface area (Å²) in [5, 5.41) is 2.97. The number of halogens is 4. The van der Waals surface area contributed by atoms with Crippen molar-refractivity contribution in [1.29, 1.82) is 0 Å². The van der Waals surface area contributed by atoms with Crippen molar-refractivity contribution in [3.63, 3.8) is 0 Å². The molecular formula is C29H31Cl2F2N5O4S2. The van der Waals surface area contributed by atoms with Gasteiger partial charge in [0.05, 0.1) is 49.0 Å². The van der Waals surface area contributed by atoms with E-state index in [9.17, 15) is 12.8 Å². The first-order valence-corrected chi connectivity index (χ1v) is 16.1. The molecule has 0 radical (unpaired) electrons. The maximum Gasteiger partial charge on any atom is 0.269 e. The third-order valence-corrected chi connectivity index (χ3v) is 9.92. The van der Waals surface area contributed by atoms with Crippen LogP contribution in [0.4, 0.5) is 31.0 Å². The molecular weight excluding hydrogens is 655 g/mol. The van der Waals surface area contributed by atoms with Gasteiger partial charge in [0.25, 0.3) is 10.0 Å². The molecule has 0 saturated heterocycles. The van der Waals surface area contributed by atoms with E-state index in [1.165, 1.54) is 38.6 Å². The molecule has 0 aliphatic rings. The molecule has 1 aromatic heterocycles. The van der Waals surface area contributed by atoms with E-state index in [0.29, 0.717) is 41.5 Å². The summed E-state index contributed by atoms with van der Waals surface area (Å²) in [6.45, 7) is 1.03. The quantitative estimate of drug-likeness (QED) is 0.163. The van der Waals surface area contributed by atoms with Crippen LogP contribution in [0.5, 0.6) is 11.5 Å². The summed E-state index contributed by atoms with van der Waals surface area (Å²) in [6.07, 6.45) is 1.31. The van der Waals surface area contributed by atoms with E-state index in [0.717, 1.165) is 27.8 Å². The molecule has 3 aromatic carbocycles. The molecule has 0 aliphatic carbocycles. The molecule has 1 N–H and O–H groups in total. The molecule has 0 amide bonds. The Hall–Kier alpha value is -3.36. The third kappa shape index (κ3) is 7.64. The molecule has 0 spiro atoms. The Morgan fingerprint density at radius 1 is 0.955 bits per heavy atom. The fraction of sp³-hybridized carbons (Fsp3) is 0.276. The fourth-order valence-electron chi connectivity index (χ4n) is 4.24. The molecule has 1 heterocycles. The van der Waals surface area contributed by atoms with Gasteiger partial charge in [0, 0.05) is 37.8 Å². The van der Waals surface area contributed by atoms with E-state index in [1.54, 1.807) is 25.2 Å². The van der Waals surface area contributed by atoms with Crippen molar-refractivity contribution in [2.75, 3.05) is 63.0 Å². The Morgan fingerprint density at radius 3 is 2.34 bits per heavy atom. The number of methoxy groups -OCH3 is 2. The molecule has 4 rings (SSSR count). The van der Waals surface area contributed by atoms with Gasteiger partial charge in [0.2, 0.25) is 5.13 Å². The molecule has 0 atom stereocenters. The second-order valence-electron chi connectivity index (χ2n) is 9.91. The zero-order valence-electron chi connectivity index (χ0n) is 24.6. The second-order valence-corrected chi connectivity index (χ2v) is 13.8. The lowest BCUT2D eigenvalue weighted by atomic mass is 10.2. The van der Waals surface area contributed by atoms with E-state index in [-0.39, 0.29) is 26.7 Å². The first-order valence-electron chi connectivity index (χ1n) is 13.1. The van der Waals surface area contributed by atoms with Crippen molar-refractivity contribution in [2.24, 2.45) is 0 Å². The number of hydrogen-bond donors (Lipinski definition) is 1. The zero-order valence-corrected chi connectivity index (χ0v) is 27.7. The van der Waals surface area contributed by atoms with E-state index in [1.807, 2.05) is 23.9 Å². The normalized spacial score (nSPS) is 11.5. The second kappa shape index (κ2) is 14.2. The maximum atomic E-state index is 15.8.